The summed E-state index contributed by atoms with van der Waals surface area (Å²) in [6, 6.07) is 24.5. The van der Waals surface area contributed by atoms with Crippen LogP contribution < -0.4 is 20.9 Å². The monoisotopic (exact) mass is 571 g/mol. The van der Waals surface area contributed by atoms with Gasteiger partial charge in [-0.15, -0.1) is 0 Å². The molecule has 200 valence electrons. The van der Waals surface area contributed by atoms with Crippen molar-refractivity contribution in [2.75, 3.05) is 5.32 Å². The number of halogens is 2. The van der Waals surface area contributed by atoms with Gasteiger partial charge in [0.15, 0.2) is 11.4 Å². The van der Waals surface area contributed by atoms with Gasteiger partial charge in [0.1, 0.15) is 5.75 Å². The van der Waals surface area contributed by atoms with Crippen molar-refractivity contribution >= 4 is 40.5 Å². The second-order valence-corrected chi connectivity index (χ2v) is 9.64. The summed E-state index contributed by atoms with van der Waals surface area (Å²) < 4.78 is 7.24. The number of amides is 1. The third kappa shape index (κ3) is 6.31. The molecule has 2 N–H and O–H groups in total. The molecular weight excluding hydrogens is 549 g/mol. The van der Waals surface area contributed by atoms with E-state index in [1.807, 2.05) is 37.3 Å². The first-order valence-electron chi connectivity index (χ1n) is 12.2. The van der Waals surface area contributed by atoms with Crippen LogP contribution in [0.15, 0.2) is 102 Å². The molecule has 0 aliphatic heterocycles. The Bertz CT molecular complexity index is 1720. The summed E-state index contributed by atoms with van der Waals surface area (Å²) >= 11 is 12.3. The van der Waals surface area contributed by atoms with Gasteiger partial charge in [-0.2, -0.15) is 9.78 Å². The van der Waals surface area contributed by atoms with E-state index in [0.29, 0.717) is 27.7 Å². The number of pyridine rings is 1. The smallest absolute Gasteiger partial charge is 0.299 e. The molecule has 5 rings (SSSR count). The highest BCUT2D eigenvalue weighted by atomic mass is 35.5. The molecular formula is C30H23Cl2N5O3. The predicted molar refractivity (Wildman–Crippen MR) is 156 cm³/mol. The number of anilines is 2. The van der Waals surface area contributed by atoms with E-state index in [0.717, 1.165) is 11.3 Å². The molecule has 0 saturated carbocycles. The largest absolute Gasteiger partial charge is 0.453 e. The lowest BCUT2D eigenvalue weighted by molar-refractivity contribution is 0.0950. The van der Waals surface area contributed by atoms with Gasteiger partial charge >= 0.3 is 0 Å². The van der Waals surface area contributed by atoms with Crippen molar-refractivity contribution in [3.05, 3.63) is 135 Å². The van der Waals surface area contributed by atoms with Crippen LogP contribution in [0.5, 0.6) is 11.5 Å². The summed E-state index contributed by atoms with van der Waals surface area (Å²) in [7, 11) is 0. The molecule has 1 amide bonds. The Kier molecular flexibility index (Phi) is 8.10. The van der Waals surface area contributed by atoms with E-state index in [1.165, 1.54) is 10.9 Å². The van der Waals surface area contributed by atoms with E-state index in [-0.39, 0.29) is 28.9 Å². The predicted octanol–water partition coefficient (Wildman–Crippen LogP) is 6.71. The van der Waals surface area contributed by atoms with Gasteiger partial charge in [0.05, 0.1) is 34.2 Å². The van der Waals surface area contributed by atoms with E-state index in [9.17, 15) is 9.59 Å². The highest BCUT2D eigenvalue weighted by Gasteiger charge is 2.17. The number of carbonyl (C=O) groups is 1. The van der Waals surface area contributed by atoms with Crippen molar-refractivity contribution in [2.45, 2.75) is 13.5 Å². The fourth-order valence-electron chi connectivity index (χ4n) is 3.82. The number of aryl methyl sites for hydroxylation is 1. The maximum absolute atomic E-state index is 13.7. The molecule has 2 aromatic heterocycles. The Balaban J connectivity index is 1.48. The zero-order valence-corrected chi connectivity index (χ0v) is 22.8. The average Bonchev–Trinajstić information content (AvgIpc) is 2.97. The van der Waals surface area contributed by atoms with Crippen LogP contribution in [0.3, 0.4) is 0 Å². The zero-order chi connectivity index (χ0) is 28.1. The first-order chi connectivity index (χ1) is 19.4. The molecule has 0 fully saturated rings. The molecule has 0 aliphatic carbocycles. The third-order valence-corrected chi connectivity index (χ3v) is 6.63. The van der Waals surface area contributed by atoms with Crippen molar-refractivity contribution in [1.82, 2.24) is 20.1 Å². The number of nitrogens with one attached hydrogen (secondary N) is 2. The molecule has 0 unspecified atom stereocenters. The molecule has 40 heavy (non-hydrogen) atoms. The minimum atomic E-state index is -0.493. The standard InChI is InChI=1S/C30H23Cl2N5O3/c1-19-8-11-24(12-9-19)40-27-18-35-37(23-10-13-25(31)26(32)16-23)30(39)28(27)36-21-7-4-5-20(15-21)29(38)34-17-22-6-2-3-14-33-22/h2-16,18,36H,17H2,1H3,(H,34,38). The maximum Gasteiger partial charge on any atom is 0.299 e. The number of hydrogen-bond acceptors (Lipinski definition) is 6. The minimum absolute atomic E-state index is 0.118. The lowest BCUT2D eigenvalue weighted by Crippen LogP contribution is -2.24. The van der Waals surface area contributed by atoms with Crippen LogP contribution in [-0.4, -0.2) is 20.7 Å². The summed E-state index contributed by atoms with van der Waals surface area (Å²) in [4.78, 5) is 30.8. The van der Waals surface area contributed by atoms with E-state index >= 15 is 0 Å². The molecule has 0 saturated heterocycles. The molecule has 0 aliphatic rings. The van der Waals surface area contributed by atoms with Gasteiger partial charge in [-0.3, -0.25) is 14.6 Å². The summed E-state index contributed by atoms with van der Waals surface area (Å²) in [6.07, 6.45) is 3.11. The van der Waals surface area contributed by atoms with Gasteiger partial charge in [-0.25, -0.2) is 0 Å². The highest BCUT2D eigenvalue weighted by molar-refractivity contribution is 6.42. The molecule has 0 radical (unpaired) electrons. The van der Waals surface area contributed by atoms with E-state index in [2.05, 4.69) is 20.7 Å². The Morgan fingerprint density at radius 2 is 1.77 bits per heavy atom. The Hall–Kier alpha value is -4.66. The maximum atomic E-state index is 13.7. The molecule has 0 atom stereocenters. The van der Waals surface area contributed by atoms with Gasteiger partial charge in [0, 0.05) is 17.4 Å². The first-order valence-corrected chi connectivity index (χ1v) is 13.0. The summed E-state index contributed by atoms with van der Waals surface area (Å²) in [5, 5.41) is 10.9. The van der Waals surface area contributed by atoms with E-state index in [1.54, 1.807) is 60.8 Å². The van der Waals surface area contributed by atoms with Gasteiger partial charge in [0.25, 0.3) is 11.5 Å². The second-order valence-electron chi connectivity index (χ2n) is 8.82. The van der Waals surface area contributed by atoms with E-state index < -0.39 is 5.56 Å². The summed E-state index contributed by atoms with van der Waals surface area (Å²) in [6.45, 7) is 2.25. The number of carbonyl (C=O) groups excluding carboxylic acids is 1. The third-order valence-electron chi connectivity index (χ3n) is 5.89. The number of benzene rings is 3. The van der Waals surface area contributed by atoms with Crippen LogP contribution in [0.2, 0.25) is 10.0 Å². The van der Waals surface area contributed by atoms with Crippen molar-refractivity contribution in [3.8, 4) is 17.2 Å². The topological polar surface area (TPSA) is 98.1 Å². The van der Waals surface area contributed by atoms with Crippen molar-refractivity contribution in [2.24, 2.45) is 0 Å². The Morgan fingerprint density at radius 1 is 0.950 bits per heavy atom. The summed E-state index contributed by atoms with van der Waals surface area (Å²) in [5.74, 6) is 0.452. The Labute approximate surface area is 240 Å². The van der Waals surface area contributed by atoms with Crippen LogP contribution in [-0.2, 0) is 6.54 Å². The average molecular weight is 572 g/mol. The minimum Gasteiger partial charge on any atom is -0.453 e. The van der Waals surface area contributed by atoms with Crippen LogP contribution in [0.1, 0.15) is 21.6 Å². The SMILES string of the molecule is Cc1ccc(Oc2cnn(-c3ccc(Cl)c(Cl)c3)c(=O)c2Nc2cccc(C(=O)NCc3ccccn3)c2)cc1. The van der Waals surface area contributed by atoms with Gasteiger partial charge in [-0.05, 0) is 67.6 Å². The zero-order valence-electron chi connectivity index (χ0n) is 21.3. The molecule has 10 heteroatoms. The highest BCUT2D eigenvalue weighted by Crippen LogP contribution is 2.30. The van der Waals surface area contributed by atoms with Crippen molar-refractivity contribution in [3.63, 3.8) is 0 Å². The number of ether oxygens (including phenoxy) is 1. The fourth-order valence-corrected chi connectivity index (χ4v) is 4.12. The number of hydrogen-bond donors (Lipinski definition) is 2. The first kappa shape index (κ1) is 26.9. The molecule has 0 spiro atoms. The van der Waals surface area contributed by atoms with Gasteiger partial charge in [-0.1, -0.05) is 53.0 Å². The van der Waals surface area contributed by atoms with Crippen LogP contribution in [0.4, 0.5) is 11.4 Å². The quantitative estimate of drug-likeness (QED) is 0.215. The van der Waals surface area contributed by atoms with Crippen molar-refractivity contribution in [1.29, 1.82) is 0 Å². The Morgan fingerprint density at radius 3 is 2.52 bits per heavy atom. The fraction of sp³-hybridized carbons (Fsp3) is 0.0667. The van der Waals surface area contributed by atoms with Crippen molar-refractivity contribution < 1.29 is 9.53 Å². The lowest BCUT2D eigenvalue weighted by Gasteiger charge is -2.15. The van der Waals surface area contributed by atoms with Crippen LogP contribution in [0, 0.1) is 6.92 Å². The summed E-state index contributed by atoms with van der Waals surface area (Å²) in [5.41, 5.74) is 2.76. The van der Waals surface area contributed by atoms with Crippen LogP contribution >= 0.6 is 23.2 Å². The van der Waals surface area contributed by atoms with Crippen LogP contribution in [0.25, 0.3) is 5.69 Å². The molecule has 8 nitrogen and oxygen atoms in total. The van der Waals surface area contributed by atoms with Gasteiger partial charge in [0.2, 0.25) is 0 Å². The molecule has 3 aromatic carbocycles. The normalized spacial score (nSPS) is 10.7. The number of rotatable bonds is 8. The second kappa shape index (κ2) is 12.0. The van der Waals surface area contributed by atoms with E-state index in [4.69, 9.17) is 27.9 Å². The molecule has 0 bridgehead atoms. The lowest BCUT2D eigenvalue weighted by atomic mass is 10.2. The van der Waals surface area contributed by atoms with Gasteiger partial charge < -0.3 is 15.4 Å². The number of nitrogens with zero attached hydrogens (tertiary/aromatic N) is 3. The molecule has 5 aromatic rings. The number of aromatic nitrogens is 3. The molecule has 2 heterocycles.